The number of hydrogen-bond donors (Lipinski definition) is 2. The van der Waals surface area contributed by atoms with E-state index >= 15 is 0 Å². The van der Waals surface area contributed by atoms with Gasteiger partial charge in [-0.05, 0) is 18.2 Å². The second-order valence-electron chi connectivity index (χ2n) is 4.42. The van der Waals surface area contributed by atoms with Gasteiger partial charge in [-0.3, -0.25) is 0 Å². The number of rotatable bonds is 7. The number of phenolic OH excluding ortho intramolecular Hbond substituents is 1. The maximum atomic E-state index is 10.1. The summed E-state index contributed by atoms with van der Waals surface area (Å²) in [5.74, 6) is 1.54. The van der Waals surface area contributed by atoms with Crippen LogP contribution >= 0.6 is 11.8 Å². The number of phenols is 1. The Morgan fingerprint density at radius 3 is 2.81 bits per heavy atom. The molecule has 0 spiro atoms. The summed E-state index contributed by atoms with van der Waals surface area (Å²) in [4.78, 5) is 1.17. The lowest BCUT2D eigenvalue weighted by Crippen LogP contribution is -2.01. The molecular formula is C17H19NO2S. The number of nitrogens with one attached hydrogen (secondary N) is 1. The Bertz CT molecular complexity index is 613. The van der Waals surface area contributed by atoms with Crippen molar-refractivity contribution >= 4 is 17.4 Å². The van der Waals surface area contributed by atoms with Gasteiger partial charge < -0.3 is 15.2 Å². The summed E-state index contributed by atoms with van der Waals surface area (Å²) in [5.41, 5.74) is 1.85. The third-order valence-electron chi connectivity index (χ3n) is 3.02. The molecule has 0 aliphatic heterocycles. The Kier molecular flexibility index (Phi) is 5.58. The van der Waals surface area contributed by atoms with Gasteiger partial charge in [0.05, 0.1) is 7.11 Å². The first-order valence-electron chi connectivity index (χ1n) is 6.67. The standard InChI is InChI=1S/C17H19NO2S/c1-3-11-21-16-10-5-4-8-14(16)18-12-13-7-6-9-15(20-2)17(13)19/h3-10,18-19H,1,11-12H2,2H3. The molecule has 0 atom stereocenters. The second-order valence-corrected chi connectivity index (χ2v) is 5.48. The van der Waals surface area contributed by atoms with E-state index in [0.717, 1.165) is 17.0 Å². The second kappa shape index (κ2) is 7.64. The SMILES string of the molecule is C=CCSc1ccccc1NCc1cccc(OC)c1O. The molecule has 0 bridgehead atoms. The lowest BCUT2D eigenvalue weighted by molar-refractivity contribution is 0.371. The van der Waals surface area contributed by atoms with Crippen LogP contribution in [0.5, 0.6) is 11.5 Å². The van der Waals surface area contributed by atoms with Crippen molar-refractivity contribution in [1.29, 1.82) is 0 Å². The van der Waals surface area contributed by atoms with Crippen LogP contribution in [0.2, 0.25) is 0 Å². The first-order valence-corrected chi connectivity index (χ1v) is 7.66. The molecule has 0 heterocycles. The highest BCUT2D eigenvalue weighted by atomic mass is 32.2. The molecule has 0 unspecified atom stereocenters. The van der Waals surface area contributed by atoms with E-state index in [2.05, 4.69) is 18.0 Å². The highest BCUT2D eigenvalue weighted by Gasteiger charge is 2.08. The van der Waals surface area contributed by atoms with Gasteiger partial charge in [0, 0.05) is 28.4 Å². The predicted molar refractivity (Wildman–Crippen MR) is 89.3 cm³/mol. The molecule has 0 amide bonds. The fraction of sp³-hybridized carbons (Fsp3) is 0.176. The van der Waals surface area contributed by atoms with Crippen molar-refractivity contribution in [1.82, 2.24) is 0 Å². The van der Waals surface area contributed by atoms with E-state index in [9.17, 15) is 5.11 Å². The molecule has 0 aliphatic carbocycles. The molecule has 110 valence electrons. The first-order chi connectivity index (χ1) is 10.3. The molecule has 0 aromatic heterocycles. The number of thioether (sulfide) groups is 1. The van der Waals surface area contributed by atoms with Crippen molar-refractivity contribution in [3.8, 4) is 11.5 Å². The number of hydrogen-bond acceptors (Lipinski definition) is 4. The number of methoxy groups -OCH3 is 1. The molecular weight excluding hydrogens is 282 g/mol. The number of anilines is 1. The van der Waals surface area contributed by atoms with Crippen molar-refractivity contribution in [3.63, 3.8) is 0 Å². The van der Waals surface area contributed by atoms with E-state index in [1.165, 1.54) is 4.90 Å². The number of benzene rings is 2. The molecule has 0 fully saturated rings. The van der Waals surface area contributed by atoms with E-state index in [1.807, 2.05) is 36.4 Å². The van der Waals surface area contributed by atoms with Crippen LogP contribution in [0.3, 0.4) is 0 Å². The van der Waals surface area contributed by atoms with Crippen LogP contribution in [0.15, 0.2) is 60.0 Å². The number of aromatic hydroxyl groups is 1. The Morgan fingerprint density at radius 2 is 2.05 bits per heavy atom. The first kappa shape index (κ1) is 15.3. The molecule has 0 saturated carbocycles. The summed E-state index contributed by atoms with van der Waals surface area (Å²) >= 11 is 1.73. The third kappa shape index (κ3) is 3.95. The maximum absolute atomic E-state index is 10.1. The zero-order valence-electron chi connectivity index (χ0n) is 12.0. The van der Waals surface area contributed by atoms with Crippen LogP contribution in [0.4, 0.5) is 5.69 Å². The summed E-state index contributed by atoms with van der Waals surface area (Å²) < 4.78 is 5.12. The van der Waals surface area contributed by atoms with Gasteiger partial charge in [-0.15, -0.1) is 18.3 Å². The Balaban J connectivity index is 2.11. The fourth-order valence-corrected chi connectivity index (χ4v) is 2.72. The van der Waals surface area contributed by atoms with E-state index in [4.69, 9.17) is 4.74 Å². The smallest absolute Gasteiger partial charge is 0.162 e. The minimum atomic E-state index is 0.184. The molecule has 2 aromatic carbocycles. The minimum Gasteiger partial charge on any atom is -0.504 e. The summed E-state index contributed by atoms with van der Waals surface area (Å²) in [7, 11) is 1.55. The van der Waals surface area contributed by atoms with E-state index < -0.39 is 0 Å². The van der Waals surface area contributed by atoms with Crippen molar-refractivity contribution in [2.24, 2.45) is 0 Å². The van der Waals surface area contributed by atoms with Gasteiger partial charge in [-0.2, -0.15) is 0 Å². The normalized spacial score (nSPS) is 10.1. The van der Waals surface area contributed by atoms with Gasteiger partial charge in [0.1, 0.15) is 0 Å². The summed E-state index contributed by atoms with van der Waals surface area (Å²) in [6, 6.07) is 13.6. The lowest BCUT2D eigenvalue weighted by atomic mass is 10.2. The van der Waals surface area contributed by atoms with Crippen molar-refractivity contribution in [2.45, 2.75) is 11.4 Å². The van der Waals surface area contributed by atoms with Gasteiger partial charge in [0.15, 0.2) is 11.5 Å². The molecule has 21 heavy (non-hydrogen) atoms. The van der Waals surface area contributed by atoms with Gasteiger partial charge in [-0.25, -0.2) is 0 Å². The van der Waals surface area contributed by atoms with Crippen LogP contribution in [0.1, 0.15) is 5.56 Å². The van der Waals surface area contributed by atoms with Gasteiger partial charge in [-0.1, -0.05) is 30.3 Å². The predicted octanol–water partition coefficient (Wildman–Crippen LogP) is 4.29. The molecule has 0 aliphatic rings. The number of para-hydroxylation sites is 2. The Hall–Kier alpha value is -2.07. The third-order valence-corrected chi connectivity index (χ3v) is 4.08. The largest absolute Gasteiger partial charge is 0.504 e. The van der Waals surface area contributed by atoms with E-state index in [0.29, 0.717) is 12.3 Å². The average Bonchev–Trinajstić information content (AvgIpc) is 2.52. The van der Waals surface area contributed by atoms with Crippen LogP contribution < -0.4 is 10.1 Å². The molecule has 2 N–H and O–H groups in total. The monoisotopic (exact) mass is 301 g/mol. The minimum absolute atomic E-state index is 0.184. The summed E-state index contributed by atoms with van der Waals surface area (Å²) in [6.45, 7) is 4.28. The molecule has 4 heteroatoms. The Labute approximate surface area is 129 Å². The van der Waals surface area contributed by atoms with Crippen LogP contribution in [-0.4, -0.2) is 18.0 Å². The van der Waals surface area contributed by atoms with E-state index in [1.54, 1.807) is 24.9 Å². The van der Waals surface area contributed by atoms with Gasteiger partial charge in [0.25, 0.3) is 0 Å². The van der Waals surface area contributed by atoms with Crippen LogP contribution in [-0.2, 0) is 6.54 Å². The van der Waals surface area contributed by atoms with Crippen molar-refractivity contribution in [2.75, 3.05) is 18.2 Å². The van der Waals surface area contributed by atoms with Crippen molar-refractivity contribution in [3.05, 3.63) is 60.7 Å². The zero-order chi connectivity index (χ0) is 15.1. The van der Waals surface area contributed by atoms with Crippen LogP contribution in [0.25, 0.3) is 0 Å². The van der Waals surface area contributed by atoms with Crippen LogP contribution in [0, 0.1) is 0 Å². The fourth-order valence-electron chi connectivity index (χ4n) is 1.95. The van der Waals surface area contributed by atoms with Crippen molar-refractivity contribution < 1.29 is 9.84 Å². The Morgan fingerprint density at radius 1 is 1.24 bits per heavy atom. The average molecular weight is 301 g/mol. The van der Waals surface area contributed by atoms with Gasteiger partial charge in [0.2, 0.25) is 0 Å². The topological polar surface area (TPSA) is 41.5 Å². The molecule has 0 saturated heterocycles. The molecule has 3 nitrogen and oxygen atoms in total. The quantitative estimate of drug-likeness (QED) is 0.591. The zero-order valence-corrected chi connectivity index (χ0v) is 12.8. The molecule has 2 aromatic rings. The highest BCUT2D eigenvalue weighted by Crippen LogP contribution is 2.31. The number of ether oxygens (including phenoxy) is 1. The molecule has 0 radical (unpaired) electrons. The summed E-state index contributed by atoms with van der Waals surface area (Å²) in [6.07, 6.45) is 1.88. The summed E-state index contributed by atoms with van der Waals surface area (Å²) in [5, 5.41) is 13.5. The highest BCUT2D eigenvalue weighted by molar-refractivity contribution is 7.99. The van der Waals surface area contributed by atoms with Gasteiger partial charge >= 0.3 is 0 Å². The maximum Gasteiger partial charge on any atom is 0.162 e. The lowest BCUT2D eigenvalue weighted by Gasteiger charge is -2.13. The molecule has 2 rings (SSSR count). The van der Waals surface area contributed by atoms with E-state index in [-0.39, 0.29) is 5.75 Å².